The molecule has 0 saturated carbocycles. The average molecular weight is 293 g/mol. The highest BCUT2D eigenvalue weighted by molar-refractivity contribution is 5.34. The molecule has 3 nitrogen and oxygen atoms in total. The van der Waals surface area contributed by atoms with Crippen molar-refractivity contribution in [2.75, 3.05) is 14.2 Å². The van der Waals surface area contributed by atoms with Gasteiger partial charge in [0.05, 0.1) is 14.2 Å². The van der Waals surface area contributed by atoms with Gasteiger partial charge in [0.15, 0.2) is 23.1 Å². The Hall–Kier alpha value is -2.14. The molecular formula is C16H17F2NO2. The molecule has 1 atom stereocenters. The van der Waals surface area contributed by atoms with Gasteiger partial charge in [-0.2, -0.15) is 0 Å². The number of hydrogen-bond acceptors (Lipinski definition) is 3. The van der Waals surface area contributed by atoms with E-state index in [2.05, 4.69) is 0 Å². The molecule has 5 heteroatoms. The Labute approximate surface area is 122 Å². The maximum absolute atomic E-state index is 13.6. The van der Waals surface area contributed by atoms with Crippen molar-refractivity contribution >= 4 is 0 Å². The summed E-state index contributed by atoms with van der Waals surface area (Å²) in [6.07, 6.45) is 0.426. The van der Waals surface area contributed by atoms with Crippen molar-refractivity contribution in [3.63, 3.8) is 0 Å². The summed E-state index contributed by atoms with van der Waals surface area (Å²) in [6, 6.07) is 8.78. The maximum Gasteiger partial charge on any atom is 0.165 e. The standard InChI is InChI=1S/C16H17F2NO2/c1-20-15-6-3-10(7-13(15)18)8-14(19)11-4-5-12(17)16(9-11)21-2/h3-7,9,14H,8,19H2,1-2H3. The van der Waals surface area contributed by atoms with Crippen molar-refractivity contribution in [3.8, 4) is 11.5 Å². The van der Waals surface area contributed by atoms with Gasteiger partial charge in [0.2, 0.25) is 0 Å². The highest BCUT2D eigenvalue weighted by Gasteiger charge is 2.12. The molecular weight excluding hydrogens is 276 g/mol. The molecule has 0 aromatic heterocycles. The molecule has 0 spiro atoms. The number of rotatable bonds is 5. The molecule has 0 fully saturated rings. The number of benzene rings is 2. The Balaban J connectivity index is 2.17. The van der Waals surface area contributed by atoms with E-state index in [0.29, 0.717) is 6.42 Å². The molecule has 0 bridgehead atoms. The largest absolute Gasteiger partial charge is 0.494 e. The molecule has 0 radical (unpaired) electrons. The van der Waals surface area contributed by atoms with Gasteiger partial charge in [-0.05, 0) is 41.8 Å². The lowest BCUT2D eigenvalue weighted by Crippen LogP contribution is -2.13. The summed E-state index contributed by atoms with van der Waals surface area (Å²) < 4.78 is 36.8. The minimum atomic E-state index is -0.441. The topological polar surface area (TPSA) is 44.5 Å². The van der Waals surface area contributed by atoms with Crippen molar-refractivity contribution < 1.29 is 18.3 Å². The fourth-order valence-corrected chi connectivity index (χ4v) is 2.12. The van der Waals surface area contributed by atoms with Crippen LogP contribution in [0.5, 0.6) is 11.5 Å². The van der Waals surface area contributed by atoms with Crippen LogP contribution >= 0.6 is 0 Å². The van der Waals surface area contributed by atoms with E-state index in [-0.39, 0.29) is 17.5 Å². The lowest BCUT2D eigenvalue weighted by atomic mass is 9.99. The first-order valence-electron chi connectivity index (χ1n) is 6.46. The van der Waals surface area contributed by atoms with Crippen molar-refractivity contribution in [2.45, 2.75) is 12.5 Å². The van der Waals surface area contributed by atoms with Crippen molar-refractivity contribution in [1.29, 1.82) is 0 Å². The van der Waals surface area contributed by atoms with Gasteiger partial charge in [-0.1, -0.05) is 12.1 Å². The first-order valence-corrected chi connectivity index (χ1v) is 6.46. The van der Waals surface area contributed by atoms with Gasteiger partial charge in [-0.3, -0.25) is 0 Å². The molecule has 21 heavy (non-hydrogen) atoms. The summed E-state index contributed by atoms with van der Waals surface area (Å²) in [5.41, 5.74) is 7.56. The van der Waals surface area contributed by atoms with Crippen LogP contribution in [-0.4, -0.2) is 14.2 Å². The van der Waals surface area contributed by atoms with Gasteiger partial charge < -0.3 is 15.2 Å². The van der Waals surface area contributed by atoms with Crippen LogP contribution < -0.4 is 15.2 Å². The molecule has 0 amide bonds. The predicted octanol–water partition coefficient (Wildman–Crippen LogP) is 3.22. The lowest BCUT2D eigenvalue weighted by molar-refractivity contribution is 0.385. The van der Waals surface area contributed by atoms with E-state index in [1.165, 1.54) is 26.4 Å². The van der Waals surface area contributed by atoms with E-state index in [0.717, 1.165) is 11.1 Å². The fourth-order valence-electron chi connectivity index (χ4n) is 2.12. The third-order valence-corrected chi connectivity index (χ3v) is 3.28. The molecule has 1 unspecified atom stereocenters. The van der Waals surface area contributed by atoms with Gasteiger partial charge in [0, 0.05) is 6.04 Å². The molecule has 2 N–H and O–H groups in total. The van der Waals surface area contributed by atoms with Crippen LogP contribution in [0, 0.1) is 11.6 Å². The lowest BCUT2D eigenvalue weighted by Gasteiger charge is -2.14. The fraction of sp³-hybridized carbons (Fsp3) is 0.250. The second-order valence-corrected chi connectivity index (χ2v) is 4.67. The Kier molecular flexibility index (Phi) is 4.75. The molecule has 0 aliphatic heterocycles. The minimum Gasteiger partial charge on any atom is -0.494 e. The van der Waals surface area contributed by atoms with Crippen molar-refractivity contribution in [3.05, 3.63) is 59.2 Å². The Morgan fingerprint density at radius 3 is 2.29 bits per heavy atom. The normalized spacial score (nSPS) is 12.0. The molecule has 0 aliphatic carbocycles. The van der Waals surface area contributed by atoms with Crippen molar-refractivity contribution in [2.24, 2.45) is 5.73 Å². The molecule has 112 valence electrons. The van der Waals surface area contributed by atoms with Gasteiger partial charge in [-0.25, -0.2) is 8.78 Å². The summed E-state index contributed by atoms with van der Waals surface area (Å²) >= 11 is 0. The summed E-state index contributed by atoms with van der Waals surface area (Å²) in [5, 5.41) is 0. The van der Waals surface area contributed by atoms with Gasteiger partial charge >= 0.3 is 0 Å². The Morgan fingerprint density at radius 2 is 1.67 bits per heavy atom. The Bertz CT molecular complexity index is 632. The first-order chi connectivity index (χ1) is 10.0. The number of methoxy groups -OCH3 is 2. The number of hydrogen-bond donors (Lipinski definition) is 1. The summed E-state index contributed by atoms with van der Waals surface area (Å²) in [6.45, 7) is 0. The quantitative estimate of drug-likeness (QED) is 0.920. The maximum atomic E-state index is 13.6. The SMILES string of the molecule is COc1ccc(CC(N)c2ccc(F)c(OC)c2)cc1F. The van der Waals surface area contributed by atoms with E-state index >= 15 is 0 Å². The van der Waals surface area contributed by atoms with E-state index in [9.17, 15) is 8.78 Å². The highest BCUT2D eigenvalue weighted by atomic mass is 19.1. The monoisotopic (exact) mass is 293 g/mol. The van der Waals surface area contributed by atoms with Crippen LogP contribution in [0.4, 0.5) is 8.78 Å². The van der Waals surface area contributed by atoms with Gasteiger partial charge in [-0.15, -0.1) is 0 Å². The minimum absolute atomic E-state index is 0.142. The van der Waals surface area contributed by atoms with Crippen LogP contribution in [0.2, 0.25) is 0 Å². The van der Waals surface area contributed by atoms with Crippen LogP contribution in [0.25, 0.3) is 0 Å². The highest BCUT2D eigenvalue weighted by Crippen LogP contribution is 2.25. The molecule has 2 aromatic rings. The molecule has 0 aliphatic rings. The number of nitrogens with two attached hydrogens (primary N) is 1. The predicted molar refractivity (Wildman–Crippen MR) is 76.5 cm³/mol. The van der Waals surface area contributed by atoms with Crippen molar-refractivity contribution in [1.82, 2.24) is 0 Å². The third-order valence-electron chi connectivity index (χ3n) is 3.28. The van der Waals surface area contributed by atoms with Crippen LogP contribution in [0.15, 0.2) is 36.4 Å². The van der Waals surface area contributed by atoms with E-state index in [1.54, 1.807) is 24.3 Å². The van der Waals surface area contributed by atoms with Crippen LogP contribution in [0.3, 0.4) is 0 Å². The zero-order valence-electron chi connectivity index (χ0n) is 11.9. The molecule has 0 saturated heterocycles. The summed E-state index contributed by atoms with van der Waals surface area (Å²) in [4.78, 5) is 0. The van der Waals surface area contributed by atoms with Gasteiger partial charge in [0.25, 0.3) is 0 Å². The Morgan fingerprint density at radius 1 is 0.952 bits per heavy atom. The zero-order chi connectivity index (χ0) is 15.4. The second-order valence-electron chi connectivity index (χ2n) is 4.67. The summed E-state index contributed by atoms with van der Waals surface area (Å²) in [5.74, 6) is -0.539. The number of ether oxygens (including phenoxy) is 2. The number of halogens is 2. The molecule has 2 aromatic carbocycles. The third kappa shape index (κ3) is 3.49. The van der Waals surface area contributed by atoms with E-state index < -0.39 is 11.6 Å². The second kappa shape index (κ2) is 6.54. The first kappa shape index (κ1) is 15.3. The molecule has 0 heterocycles. The van der Waals surface area contributed by atoms with E-state index in [4.69, 9.17) is 15.2 Å². The zero-order valence-corrected chi connectivity index (χ0v) is 11.9. The summed E-state index contributed by atoms with van der Waals surface area (Å²) in [7, 11) is 2.81. The van der Waals surface area contributed by atoms with Crippen LogP contribution in [-0.2, 0) is 6.42 Å². The molecule has 2 rings (SSSR count). The average Bonchev–Trinajstić information content (AvgIpc) is 2.48. The van der Waals surface area contributed by atoms with E-state index in [1.807, 2.05) is 0 Å². The van der Waals surface area contributed by atoms with Crippen LogP contribution in [0.1, 0.15) is 17.2 Å². The van der Waals surface area contributed by atoms with Gasteiger partial charge in [0.1, 0.15) is 0 Å². The smallest absolute Gasteiger partial charge is 0.165 e.